The molecule has 1 aliphatic rings. The quantitative estimate of drug-likeness (QED) is 0.757. The average Bonchev–Trinajstić information content (AvgIpc) is 2.23. The first-order chi connectivity index (χ1) is 9.34. The minimum Gasteiger partial charge on any atom is -0.249 e. The molecule has 1 fully saturated rings. The molecule has 0 saturated heterocycles. The van der Waals surface area contributed by atoms with Gasteiger partial charge in [0.2, 0.25) is 5.28 Å². The van der Waals surface area contributed by atoms with E-state index in [4.69, 9.17) is 11.6 Å². The summed E-state index contributed by atoms with van der Waals surface area (Å²) in [4.78, 5) is 16.4. The van der Waals surface area contributed by atoms with Crippen LogP contribution in [-0.4, -0.2) is 26.1 Å². The molecule has 2 heterocycles. The van der Waals surface area contributed by atoms with E-state index in [2.05, 4.69) is 19.9 Å². The van der Waals surface area contributed by atoms with Crippen LogP contribution in [0.3, 0.4) is 0 Å². The molecule has 0 radical (unpaired) electrons. The molecule has 4 nitrogen and oxygen atoms in total. The van der Waals surface area contributed by atoms with Crippen molar-refractivity contribution in [3.8, 4) is 0 Å². The largest absolute Gasteiger partial charge is 0.391 e. The normalized spacial score (nSPS) is 22.9. The van der Waals surface area contributed by atoms with Crippen molar-refractivity contribution >= 4 is 22.8 Å². The fraction of sp³-hybridized carbons (Fsp3) is 0.500. The van der Waals surface area contributed by atoms with Crippen molar-refractivity contribution in [1.82, 2.24) is 19.9 Å². The molecule has 2 aromatic rings. The standard InChI is InChI=1S/C12H10ClF3N4/c1-5-4-17-9-8(19-11(13)20-10(9)18-5)6-2-7(3-6)12(14,15)16/h4,6-7H,2-3H2,1H3/t6-,7+. The second kappa shape index (κ2) is 4.51. The van der Waals surface area contributed by atoms with E-state index < -0.39 is 12.1 Å². The number of aromatic nitrogens is 4. The van der Waals surface area contributed by atoms with E-state index >= 15 is 0 Å². The van der Waals surface area contributed by atoms with E-state index in [-0.39, 0.29) is 24.0 Å². The van der Waals surface area contributed by atoms with E-state index in [9.17, 15) is 13.2 Å². The van der Waals surface area contributed by atoms with Gasteiger partial charge in [0.1, 0.15) is 5.52 Å². The van der Waals surface area contributed by atoms with Gasteiger partial charge in [-0.05, 0) is 31.4 Å². The molecule has 1 aliphatic carbocycles. The average molecular weight is 303 g/mol. The van der Waals surface area contributed by atoms with E-state index in [0.29, 0.717) is 22.6 Å². The van der Waals surface area contributed by atoms with Gasteiger partial charge in [-0.1, -0.05) is 0 Å². The van der Waals surface area contributed by atoms with Crippen molar-refractivity contribution in [3.63, 3.8) is 0 Å². The summed E-state index contributed by atoms with van der Waals surface area (Å²) in [7, 11) is 0. The summed E-state index contributed by atoms with van der Waals surface area (Å²) in [5, 5.41) is -0.0112. The number of alkyl halides is 3. The van der Waals surface area contributed by atoms with Gasteiger partial charge in [-0.2, -0.15) is 18.2 Å². The number of halogens is 4. The van der Waals surface area contributed by atoms with Crippen LogP contribution in [-0.2, 0) is 0 Å². The Bertz CT molecular complexity index is 662. The highest BCUT2D eigenvalue weighted by Gasteiger charge is 2.49. The third kappa shape index (κ3) is 2.30. The molecule has 2 aromatic heterocycles. The summed E-state index contributed by atoms with van der Waals surface area (Å²) in [5.74, 6) is -1.56. The number of hydrogen-bond donors (Lipinski definition) is 0. The number of rotatable bonds is 1. The minimum atomic E-state index is -4.15. The van der Waals surface area contributed by atoms with Gasteiger partial charge in [-0.15, -0.1) is 0 Å². The number of aryl methyl sites for hydroxylation is 1. The van der Waals surface area contributed by atoms with Crippen LogP contribution in [0.1, 0.15) is 30.1 Å². The Labute approximate surface area is 117 Å². The van der Waals surface area contributed by atoms with E-state index in [1.54, 1.807) is 13.1 Å². The summed E-state index contributed by atoms with van der Waals surface area (Å²) in [6.45, 7) is 1.76. The van der Waals surface area contributed by atoms with E-state index in [0.717, 1.165) is 0 Å². The van der Waals surface area contributed by atoms with Crippen molar-refractivity contribution in [3.05, 3.63) is 22.9 Å². The maximum Gasteiger partial charge on any atom is 0.391 e. The van der Waals surface area contributed by atoms with Gasteiger partial charge in [-0.3, -0.25) is 0 Å². The molecule has 0 unspecified atom stereocenters. The highest BCUT2D eigenvalue weighted by molar-refractivity contribution is 6.28. The van der Waals surface area contributed by atoms with Gasteiger partial charge in [0.25, 0.3) is 0 Å². The Morgan fingerprint density at radius 3 is 2.55 bits per heavy atom. The lowest BCUT2D eigenvalue weighted by molar-refractivity contribution is -0.197. The van der Waals surface area contributed by atoms with Crippen molar-refractivity contribution in [1.29, 1.82) is 0 Å². The van der Waals surface area contributed by atoms with Gasteiger partial charge >= 0.3 is 6.18 Å². The SMILES string of the molecule is Cc1cnc2c(n1)nc(Cl)nc2[C@H]1C[C@@H](C(F)(F)F)C1. The van der Waals surface area contributed by atoms with Gasteiger partial charge in [0, 0.05) is 12.1 Å². The number of hydrogen-bond acceptors (Lipinski definition) is 4. The molecule has 0 spiro atoms. The van der Waals surface area contributed by atoms with Crippen LogP contribution in [0.5, 0.6) is 0 Å². The highest BCUT2D eigenvalue weighted by Crippen LogP contribution is 2.49. The zero-order valence-electron chi connectivity index (χ0n) is 10.4. The molecule has 106 valence electrons. The molecule has 0 aromatic carbocycles. The Balaban J connectivity index is 1.97. The summed E-state index contributed by atoms with van der Waals surface area (Å²) in [6, 6.07) is 0. The third-order valence-electron chi connectivity index (χ3n) is 3.52. The Morgan fingerprint density at radius 1 is 1.20 bits per heavy atom. The molecule has 0 bridgehead atoms. The summed E-state index contributed by atoms with van der Waals surface area (Å²) >= 11 is 5.82. The van der Waals surface area contributed by atoms with Crippen LogP contribution in [0, 0.1) is 12.8 Å². The summed E-state index contributed by atoms with van der Waals surface area (Å²) in [5.41, 5.74) is 1.90. The van der Waals surface area contributed by atoms with Crippen LogP contribution < -0.4 is 0 Å². The smallest absolute Gasteiger partial charge is 0.249 e. The third-order valence-corrected chi connectivity index (χ3v) is 3.68. The molecule has 20 heavy (non-hydrogen) atoms. The molecule has 0 amide bonds. The second-order valence-electron chi connectivity index (χ2n) is 4.97. The lowest BCUT2D eigenvalue weighted by Crippen LogP contribution is -2.35. The maximum absolute atomic E-state index is 12.5. The van der Waals surface area contributed by atoms with E-state index in [1.807, 2.05) is 0 Å². The van der Waals surface area contributed by atoms with Crippen LogP contribution in [0.2, 0.25) is 5.28 Å². The fourth-order valence-electron chi connectivity index (χ4n) is 2.38. The summed E-state index contributed by atoms with van der Waals surface area (Å²) in [6.07, 6.45) is -2.57. The number of fused-ring (bicyclic) bond motifs is 1. The van der Waals surface area contributed by atoms with Crippen molar-refractivity contribution in [2.75, 3.05) is 0 Å². The van der Waals surface area contributed by atoms with Crippen LogP contribution in [0.25, 0.3) is 11.2 Å². The Hall–Kier alpha value is -1.50. The first-order valence-electron chi connectivity index (χ1n) is 6.08. The topological polar surface area (TPSA) is 51.6 Å². The lowest BCUT2D eigenvalue weighted by atomic mass is 9.72. The molecule has 0 atom stereocenters. The zero-order valence-corrected chi connectivity index (χ0v) is 11.2. The second-order valence-corrected chi connectivity index (χ2v) is 5.31. The van der Waals surface area contributed by atoms with E-state index in [1.165, 1.54) is 0 Å². The van der Waals surface area contributed by atoms with Crippen LogP contribution in [0.4, 0.5) is 13.2 Å². The minimum absolute atomic E-state index is 0.0112. The van der Waals surface area contributed by atoms with Gasteiger partial charge in [0.05, 0.1) is 17.3 Å². The van der Waals surface area contributed by atoms with Crippen LogP contribution >= 0.6 is 11.6 Å². The lowest BCUT2D eigenvalue weighted by Gasteiger charge is -2.36. The summed E-state index contributed by atoms with van der Waals surface area (Å²) < 4.78 is 37.6. The molecule has 0 aliphatic heterocycles. The predicted octanol–water partition coefficient (Wildman–Crippen LogP) is 3.44. The Morgan fingerprint density at radius 2 is 1.90 bits per heavy atom. The molecule has 1 saturated carbocycles. The van der Waals surface area contributed by atoms with Gasteiger partial charge in [0.15, 0.2) is 5.65 Å². The van der Waals surface area contributed by atoms with Crippen molar-refractivity contribution in [2.45, 2.75) is 31.9 Å². The van der Waals surface area contributed by atoms with Gasteiger partial charge < -0.3 is 0 Å². The van der Waals surface area contributed by atoms with Crippen LogP contribution in [0.15, 0.2) is 6.20 Å². The van der Waals surface area contributed by atoms with Crippen molar-refractivity contribution in [2.24, 2.45) is 5.92 Å². The molecule has 8 heteroatoms. The first kappa shape index (κ1) is 13.5. The Kier molecular flexibility index (Phi) is 3.04. The molecule has 0 N–H and O–H groups in total. The molecule has 3 rings (SSSR count). The highest BCUT2D eigenvalue weighted by atomic mass is 35.5. The zero-order chi connectivity index (χ0) is 14.5. The fourth-order valence-corrected chi connectivity index (χ4v) is 2.55. The predicted molar refractivity (Wildman–Crippen MR) is 66.4 cm³/mol. The van der Waals surface area contributed by atoms with Gasteiger partial charge in [-0.25, -0.2) is 15.0 Å². The van der Waals surface area contributed by atoms with Crippen molar-refractivity contribution < 1.29 is 13.2 Å². The maximum atomic E-state index is 12.5. The monoisotopic (exact) mass is 302 g/mol. The molecular weight excluding hydrogens is 293 g/mol. The number of nitrogens with zero attached hydrogens (tertiary/aromatic N) is 4. The first-order valence-corrected chi connectivity index (χ1v) is 6.46. The molecular formula is C12H10ClF3N4.